The Labute approximate surface area is 206 Å². The third-order valence-corrected chi connectivity index (χ3v) is 7.18. The third-order valence-electron chi connectivity index (χ3n) is 5.61. The van der Waals surface area contributed by atoms with Crippen molar-refractivity contribution in [3.05, 3.63) is 95.0 Å². The maximum absolute atomic E-state index is 13.5. The number of hydrogen-bond donors (Lipinski definition) is 1. The molecule has 6 nitrogen and oxygen atoms in total. The molecule has 0 bridgehead atoms. The fourth-order valence-corrected chi connectivity index (χ4v) is 5.03. The monoisotopic (exact) mass is 488 g/mol. The molecule has 0 unspecified atom stereocenters. The van der Waals surface area contributed by atoms with Crippen molar-refractivity contribution in [1.82, 2.24) is 4.90 Å². The van der Waals surface area contributed by atoms with E-state index in [2.05, 4.69) is 5.32 Å². The zero-order chi connectivity index (χ0) is 23.7. The number of thioether (sulfide) groups is 1. The Balaban J connectivity index is 1.45. The first kappa shape index (κ1) is 22.4. The molecular weight excluding hydrogens is 468 g/mol. The second-order valence-electron chi connectivity index (χ2n) is 7.86. The smallest absolute Gasteiger partial charge is 0.263 e. The van der Waals surface area contributed by atoms with E-state index >= 15 is 0 Å². The fourth-order valence-electron chi connectivity index (χ4n) is 3.89. The number of amidine groups is 2. The minimum atomic E-state index is -0.642. The highest BCUT2D eigenvalue weighted by molar-refractivity contribution is 8.15. The predicted octanol–water partition coefficient (Wildman–Crippen LogP) is 5.82. The van der Waals surface area contributed by atoms with Crippen molar-refractivity contribution in [3.63, 3.8) is 0 Å². The number of nitrogens with one attached hydrogen (secondary N) is 1. The van der Waals surface area contributed by atoms with E-state index in [0.717, 1.165) is 16.8 Å². The van der Waals surface area contributed by atoms with E-state index in [-0.39, 0.29) is 11.8 Å². The van der Waals surface area contributed by atoms with Crippen LogP contribution < -0.4 is 5.32 Å². The van der Waals surface area contributed by atoms with E-state index in [9.17, 15) is 9.59 Å². The van der Waals surface area contributed by atoms with Gasteiger partial charge in [0.25, 0.3) is 5.91 Å². The summed E-state index contributed by atoms with van der Waals surface area (Å²) in [5.41, 5.74) is 3.02. The Morgan fingerprint density at radius 3 is 2.50 bits per heavy atom. The van der Waals surface area contributed by atoms with Crippen molar-refractivity contribution in [2.45, 2.75) is 24.6 Å². The molecule has 0 aliphatic carbocycles. The molecule has 3 aromatic carbocycles. The van der Waals surface area contributed by atoms with Crippen LogP contribution in [0.2, 0.25) is 5.02 Å². The van der Waals surface area contributed by atoms with Crippen molar-refractivity contribution in [1.29, 1.82) is 0 Å². The molecule has 2 aliphatic heterocycles. The summed E-state index contributed by atoms with van der Waals surface area (Å²) >= 11 is 7.22. The van der Waals surface area contributed by atoms with Gasteiger partial charge in [-0.2, -0.15) is 0 Å². The second-order valence-corrected chi connectivity index (χ2v) is 9.47. The van der Waals surface area contributed by atoms with Gasteiger partial charge in [0.05, 0.1) is 10.9 Å². The summed E-state index contributed by atoms with van der Waals surface area (Å²) in [5.74, 6) is 0.232. The average Bonchev–Trinajstić information content (AvgIpc) is 3.22. The number of fused-ring (bicyclic) bond motifs is 3. The van der Waals surface area contributed by atoms with Gasteiger partial charge >= 0.3 is 0 Å². The molecule has 0 saturated carbocycles. The molecule has 170 valence electrons. The molecule has 0 radical (unpaired) electrons. The van der Waals surface area contributed by atoms with E-state index in [1.165, 1.54) is 11.8 Å². The first-order valence-electron chi connectivity index (χ1n) is 10.9. The molecule has 5 rings (SSSR count). The van der Waals surface area contributed by atoms with Crippen molar-refractivity contribution < 1.29 is 9.59 Å². The lowest BCUT2D eigenvalue weighted by Crippen LogP contribution is -2.41. The maximum Gasteiger partial charge on any atom is 0.263 e. The molecule has 1 N–H and O–H groups in total. The highest BCUT2D eigenvalue weighted by Gasteiger charge is 2.43. The lowest BCUT2D eigenvalue weighted by molar-refractivity contribution is -0.124. The van der Waals surface area contributed by atoms with Crippen LogP contribution in [0.4, 0.5) is 11.4 Å². The zero-order valence-electron chi connectivity index (χ0n) is 18.3. The van der Waals surface area contributed by atoms with Crippen LogP contribution >= 0.6 is 23.4 Å². The number of para-hydroxylation sites is 1. The normalized spacial score (nSPS) is 17.4. The molecule has 8 heteroatoms. The van der Waals surface area contributed by atoms with E-state index in [1.807, 2.05) is 61.5 Å². The molecule has 0 saturated heterocycles. The van der Waals surface area contributed by atoms with Gasteiger partial charge in [0.1, 0.15) is 5.84 Å². The Morgan fingerprint density at radius 2 is 1.76 bits per heavy atom. The van der Waals surface area contributed by atoms with Crippen LogP contribution in [0.1, 0.15) is 30.5 Å². The third kappa shape index (κ3) is 4.24. The van der Waals surface area contributed by atoms with E-state index in [4.69, 9.17) is 21.6 Å². The number of carbonyl (C=O) groups is 2. The van der Waals surface area contributed by atoms with Gasteiger partial charge in [-0.05, 0) is 48.4 Å². The predicted molar refractivity (Wildman–Crippen MR) is 138 cm³/mol. The van der Waals surface area contributed by atoms with E-state index < -0.39 is 11.3 Å². The fraction of sp³-hybridized carbons (Fsp3) is 0.154. The number of amides is 2. The molecule has 2 atom stereocenters. The molecule has 2 aliphatic rings. The van der Waals surface area contributed by atoms with Crippen LogP contribution in [0.25, 0.3) is 0 Å². The first-order valence-corrected chi connectivity index (χ1v) is 12.2. The lowest BCUT2D eigenvalue weighted by atomic mass is 10.1. The number of benzene rings is 3. The Morgan fingerprint density at radius 1 is 1.06 bits per heavy atom. The summed E-state index contributed by atoms with van der Waals surface area (Å²) in [6, 6.07) is 23.4. The van der Waals surface area contributed by atoms with Crippen LogP contribution in [0.3, 0.4) is 0 Å². The highest BCUT2D eigenvalue weighted by atomic mass is 35.5. The van der Waals surface area contributed by atoms with Gasteiger partial charge in [-0.25, -0.2) is 14.9 Å². The molecular formula is C26H21ClN4O2S. The minimum absolute atomic E-state index is 0.166. The van der Waals surface area contributed by atoms with Gasteiger partial charge in [-0.15, -0.1) is 0 Å². The van der Waals surface area contributed by atoms with Crippen LogP contribution in [-0.2, 0) is 9.59 Å². The number of aliphatic imine (C=N–C) groups is 2. The molecule has 2 amide bonds. The number of carbonyl (C=O) groups excluding carboxylic acids is 2. The van der Waals surface area contributed by atoms with Crippen LogP contribution in [0.15, 0.2) is 88.8 Å². The summed E-state index contributed by atoms with van der Waals surface area (Å²) < 4.78 is 0. The minimum Gasteiger partial charge on any atom is -0.325 e. The van der Waals surface area contributed by atoms with Crippen LogP contribution in [0, 0.1) is 0 Å². The van der Waals surface area contributed by atoms with Crippen molar-refractivity contribution in [3.8, 4) is 0 Å². The number of rotatable bonds is 5. The molecule has 34 heavy (non-hydrogen) atoms. The second kappa shape index (κ2) is 9.44. The summed E-state index contributed by atoms with van der Waals surface area (Å²) in [6.07, 6.45) is 0.557. The SMILES string of the molecule is CC[C@H](SC1=Nc2ccccc2C2=N[C@@H](c3ccccc3)C(=O)N12)C(=O)Nc1ccc(Cl)cc1. The molecule has 0 spiro atoms. The lowest BCUT2D eigenvalue weighted by Gasteiger charge is -2.27. The van der Waals surface area contributed by atoms with Gasteiger partial charge in [0.15, 0.2) is 11.2 Å². The highest BCUT2D eigenvalue weighted by Crippen LogP contribution is 2.38. The van der Waals surface area contributed by atoms with Gasteiger partial charge in [-0.3, -0.25) is 9.59 Å². The first-order chi connectivity index (χ1) is 16.5. The van der Waals surface area contributed by atoms with E-state index in [0.29, 0.717) is 28.1 Å². The largest absolute Gasteiger partial charge is 0.325 e. The summed E-state index contributed by atoms with van der Waals surface area (Å²) in [5, 5.41) is 3.53. The van der Waals surface area contributed by atoms with Crippen LogP contribution in [-0.4, -0.2) is 33.0 Å². The average molecular weight is 489 g/mol. The summed E-state index contributed by atoms with van der Waals surface area (Å²) in [6.45, 7) is 1.93. The van der Waals surface area contributed by atoms with Gasteiger partial charge < -0.3 is 5.32 Å². The zero-order valence-corrected chi connectivity index (χ0v) is 19.9. The van der Waals surface area contributed by atoms with Crippen LogP contribution in [0.5, 0.6) is 0 Å². The topological polar surface area (TPSA) is 74.1 Å². The number of anilines is 1. The molecule has 2 heterocycles. The Bertz CT molecular complexity index is 1310. The van der Waals surface area contributed by atoms with E-state index in [1.54, 1.807) is 29.2 Å². The van der Waals surface area contributed by atoms with Gasteiger partial charge in [0.2, 0.25) is 5.91 Å². The van der Waals surface area contributed by atoms with Crippen molar-refractivity contribution in [2.75, 3.05) is 5.32 Å². The molecule has 3 aromatic rings. The molecule has 0 aromatic heterocycles. The Kier molecular flexibility index (Phi) is 6.22. The standard InChI is InChI=1S/C26H21ClN4O2S/c1-2-21(24(32)28-18-14-12-17(27)13-15-18)34-26-29-20-11-7-6-10-19(20)23-30-22(25(33)31(23)26)16-8-4-3-5-9-16/h3-15,21-22H,2H2,1H3,(H,28,32)/t21-,22-/m0/s1. The van der Waals surface area contributed by atoms with Gasteiger partial charge in [-0.1, -0.05) is 72.8 Å². The summed E-state index contributed by atoms with van der Waals surface area (Å²) in [7, 11) is 0. The quantitative estimate of drug-likeness (QED) is 0.491. The number of nitrogens with zero attached hydrogens (tertiary/aromatic N) is 3. The number of hydrogen-bond acceptors (Lipinski definition) is 5. The molecule has 0 fully saturated rings. The van der Waals surface area contributed by atoms with Crippen molar-refractivity contribution >= 4 is 57.6 Å². The van der Waals surface area contributed by atoms with Gasteiger partial charge in [0, 0.05) is 16.3 Å². The maximum atomic E-state index is 13.5. The summed E-state index contributed by atoms with van der Waals surface area (Å²) in [4.78, 5) is 37.7. The van der Waals surface area contributed by atoms with Crippen molar-refractivity contribution in [2.24, 2.45) is 9.98 Å². The Hall–Kier alpha value is -3.42. The number of halogens is 1.